The maximum absolute atomic E-state index is 12.2. The molecule has 2 N–H and O–H groups in total. The topological polar surface area (TPSA) is 53.6 Å². The number of anilines is 1. The van der Waals surface area contributed by atoms with Crippen molar-refractivity contribution >= 4 is 23.3 Å². The number of hydrogen-bond donors (Lipinski definition) is 2. The maximum Gasteiger partial charge on any atom is 0.319 e. The van der Waals surface area contributed by atoms with Crippen molar-refractivity contribution in [1.82, 2.24) is 10.2 Å². The molecule has 2 heterocycles. The fourth-order valence-electron chi connectivity index (χ4n) is 3.73. The molecule has 4 rings (SSSR count). The summed E-state index contributed by atoms with van der Waals surface area (Å²) in [7, 11) is 0. The molecule has 0 spiro atoms. The molecule has 136 valence electrons. The molecule has 0 aliphatic carbocycles. The fourth-order valence-corrected chi connectivity index (χ4v) is 3.86. The van der Waals surface area contributed by atoms with Crippen LogP contribution in [-0.4, -0.2) is 42.7 Å². The summed E-state index contributed by atoms with van der Waals surface area (Å²) in [6.45, 7) is 2.42. The average Bonchev–Trinajstić information content (AvgIpc) is 3.05. The summed E-state index contributed by atoms with van der Waals surface area (Å²) >= 11 is 5.87. The van der Waals surface area contributed by atoms with Gasteiger partial charge in [0, 0.05) is 35.9 Å². The van der Waals surface area contributed by atoms with E-state index in [1.807, 2.05) is 18.2 Å². The predicted molar refractivity (Wildman–Crippen MR) is 103 cm³/mol. The van der Waals surface area contributed by atoms with Crippen molar-refractivity contribution in [2.24, 2.45) is 0 Å². The Morgan fingerprint density at radius 3 is 2.62 bits per heavy atom. The van der Waals surface area contributed by atoms with Gasteiger partial charge in [0.25, 0.3) is 0 Å². The summed E-state index contributed by atoms with van der Waals surface area (Å²) in [5.41, 5.74) is 1.94. The first-order valence-corrected chi connectivity index (χ1v) is 9.29. The van der Waals surface area contributed by atoms with Crippen LogP contribution in [0.15, 0.2) is 54.6 Å². The van der Waals surface area contributed by atoms with Gasteiger partial charge in [0.05, 0.1) is 12.7 Å². The van der Waals surface area contributed by atoms with Crippen LogP contribution in [0.5, 0.6) is 0 Å². The third-order valence-electron chi connectivity index (χ3n) is 5.03. The van der Waals surface area contributed by atoms with Crippen molar-refractivity contribution in [1.29, 1.82) is 0 Å². The van der Waals surface area contributed by atoms with Crippen molar-refractivity contribution < 1.29 is 9.53 Å². The Labute approximate surface area is 158 Å². The molecule has 2 aliphatic heterocycles. The van der Waals surface area contributed by atoms with Crippen LogP contribution in [0.2, 0.25) is 5.02 Å². The second-order valence-corrected chi connectivity index (χ2v) is 7.31. The van der Waals surface area contributed by atoms with Crippen LogP contribution >= 0.6 is 11.6 Å². The van der Waals surface area contributed by atoms with E-state index in [1.54, 1.807) is 24.3 Å². The average molecular weight is 372 g/mol. The van der Waals surface area contributed by atoms with Crippen molar-refractivity contribution in [2.45, 2.75) is 24.6 Å². The van der Waals surface area contributed by atoms with E-state index in [-0.39, 0.29) is 18.2 Å². The maximum atomic E-state index is 12.2. The predicted octanol–water partition coefficient (Wildman–Crippen LogP) is 3.68. The van der Waals surface area contributed by atoms with Gasteiger partial charge in [-0.2, -0.15) is 0 Å². The van der Waals surface area contributed by atoms with Crippen LogP contribution in [0.3, 0.4) is 0 Å². The van der Waals surface area contributed by atoms with E-state index in [1.165, 1.54) is 5.56 Å². The Balaban J connectivity index is 1.31. The number of morpholine rings is 1. The molecule has 2 fully saturated rings. The normalized spacial score (nSPS) is 25.5. The minimum Gasteiger partial charge on any atom is -0.371 e. The van der Waals surface area contributed by atoms with Crippen LogP contribution in [0.1, 0.15) is 18.1 Å². The number of nitrogens with zero attached hydrogens (tertiary/aromatic N) is 1. The molecule has 0 radical (unpaired) electrons. The zero-order valence-corrected chi connectivity index (χ0v) is 15.2. The van der Waals surface area contributed by atoms with Gasteiger partial charge in [0.15, 0.2) is 0 Å². The Hall–Kier alpha value is -2.08. The molecule has 6 heteroatoms. The highest BCUT2D eigenvalue weighted by Gasteiger charge is 2.38. The van der Waals surface area contributed by atoms with Gasteiger partial charge in [-0.3, -0.25) is 4.90 Å². The number of ether oxygens (including phenoxy) is 1. The van der Waals surface area contributed by atoms with Crippen LogP contribution in [-0.2, 0) is 4.74 Å². The van der Waals surface area contributed by atoms with Crippen molar-refractivity contribution in [3.8, 4) is 0 Å². The summed E-state index contributed by atoms with van der Waals surface area (Å²) in [6, 6.07) is 17.7. The molecule has 0 aromatic heterocycles. The third-order valence-corrected chi connectivity index (χ3v) is 5.28. The Morgan fingerprint density at radius 2 is 1.85 bits per heavy atom. The van der Waals surface area contributed by atoms with Gasteiger partial charge >= 0.3 is 6.03 Å². The molecule has 5 nitrogen and oxygen atoms in total. The first-order chi connectivity index (χ1) is 12.7. The van der Waals surface area contributed by atoms with Gasteiger partial charge in [-0.15, -0.1) is 0 Å². The highest BCUT2D eigenvalue weighted by molar-refractivity contribution is 6.30. The molecule has 0 saturated carbocycles. The van der Waals surface area contributed by atoms with Crippen LogP contribution < -0.4 is 10.6 Å². The van der Waals surface area contributed by atoms with Crippen molar-refractivity contribution in [2.75, 3.05) is 25.0 Å². The number of fused-ring (bicyclic) bond motifs is 1. The fraction of sp³-hybridized carbons (Fsp3) is 0.350. The van der Waals surface area contributed by atoms with Gasteiger partial charge in [-0.1, -0.05) is 41.9 Å². The first kappa shape index (κ1) is 17.3. The van der Waals surface area contributed by atoms with Crippen molar-refractivity contribution in [3.63, 3.8) is 0 Å². The van der Waals surface area contributed by atoms with E-state index in [9.17, 15) is 4.79 Å². The zero-order chi connectivity index (χ0) is 17.9. The standard InChI is InChI=1S/C20H22ClN3O2/c21-15-6-8-16(9-7-15)22-20(25)23-17-10-18-13-26-19(12-24(18)11-17)14-4-2-1-3-5-14/h1-9,17-19H,10-13H2,(H2,22,23,25)/t17-,18-,19+/m0/s1. The molecule has 2 aliphatic rings. The molecule has 26 heavy (non-hydrogen) atoms. The molecule has 0 unspecified atom stereocenters. The molecule has 2 aromatic rings. The van der Waals surface area contributed by atoms with Gasteiger partial charge in [0.1, 0.15) is 0 Å². The summed E-state index contributed by atoms with van der Waals surface area (Å²) < 4.78 is 6.06. The van der Waals surface area contributed by atoms with E-state index in [0.717, 1.165) is 25.2 Å². The highest BCUT2D eigenvalue weighted by atomic mass is 35.5. The lowest BCUT2D eigenvalue weighted by atomic mass is 10.1. The number of carbonyl (C=O) groups is 1. The van der Waals surface area contributed by atoms with E-state index in [0.29, 0.717) is 17.7 Å². The second-order valence-electron chi connectivity index (χ2n) is 6.88. The lowest BCUT2D eigenvalue weighted by Gasteiger charge is -2.35. The number of hydrogen-bond acceptors (Lipinski definition) is 3. The number of amides is 2. The molecule has 2 aromatic carbocycles. The van der Waals surface area contributed by atoms with Gasteiger partial charge in [-0.25, -0.2) is 4.79 Å². The summed E-state index contributed by atoms with van der Waals surface area (Å²) in [4.78, 5) is 14.7. The summed E-state index contributed by atoms with van der Waals surface area (Å²) in [5.74, 6) is 0. The number of nitrogens with one attached hydrogen (secondary N) is 2. The zero-order valence-electron chi connectivity index (χ0n) is 14.4. The molecule has 2 saturated heterocycles. The first-order valence-electron chi connectivity index (χ1n) is 8.91. The van der Waals surface area contributed by atoms with E-state index in [2.05, 4.69) is 27.7 Å². The van der Waals surface area contributed by atoms with Gasteiger partial charge < -0.3 is 15.4 Å². The molecular weight excluding hydrogens is 350 g/mol. The van der Waals surface area contributed by atoms with Gasteiger partial charge in [0.2, 0.25) is 0 Å². The summed E-state index contributed by atoms with van der Waals surface area (Å²) in [6.07, 6.45) is 1.02. The molecule has 0 bridgehead atoms. The van der Waals surface area contributed by atoms with Crippen molar-refractivity contribution in [3.05, 3.63) is 65.2 Å². The number of urea groups is 1. The molecule has 3 atom stereocenters. The monoisotopic (exact) mass is 371 g/mol. The molecular formula is C20H22ClN3O2. The molecule has 2 amide bonds. The number of rotatable bonds is 3. The number of carbonyl (C=O) groups excluding carboxylic acids is 1. The van der Waals surface area contributed by atoms with E-state index < -0.39 is 0 Å². The third kappa shape index (κ3) is 4.01. The quantitative estimate of drug-likeness (QED) is 0.865. The number of halogens is 1. The summed E-state index contributed by atoms with van der Waals surface area (Å²) in [5, 5.41) is 6.58. The minimum atomic E-state index is -0.183. The Kier molecular flexibility index (Phi) is 5.11. The Morgan fingerprint density at radius 1 is 1.08 bits per heavy atom. The Bertz CT molecular complexity index is 753. The van der Waals surface area contributed by atoms with E-state index in [4.69, 9.17) is 16.3 Å². The van der Waals surface area contributed by atoms with Crippen LogP contribution in [0, 0.1) is 0 Å². The largest absolute Gasteiger partial charge is 0.371 e. The van der Waals surface area contributed by atoms with Crippen LogP contribution in [0.4, 0.5) is 10.5 Å². The number of benzene rings is 2. The highest BCUT2D eigenvalue weighted by Crippen LogP contribution is 2.30. The van der Waals surface area contributed by atoms with Crippen LogP contribution in [0.25, 0.3) is 0 Å². The smallest absolute Gasteiger partial charge is 0.319 e. The van der Waals surface area contributed by atoms with Gasteiger partial charge in [-0.05, 0) is 36.2 Å². The second kappa shape index (κ2) is 7.66. The lowest BCUT2D eigenvalue weighted by molar-refractivity contribution is -0.0502. The SMILES string of the molecule is O=C(Nc1ccc(Cl)cc1)N[C@H]1C[C@H]2CO[C@@H](c3ccccc3)CN2C1. The minimum absolute atomic E-state index is 0.106. The lowest BCUT2D eigenvalue weighted by Crippen LogP contribution is -2.43. The van der Waals surface area contributed by atoms with E-state index >= 15 is 0 Å².